The smallest absolute Gasteiger partial charge is 0.251 e. The molecule has 1 aromatic heterocycles. The number of hydrogen-bond acceptors (Lipinski definition) is 3. The van der Waals surface area contributed by atoms with Crippen LogP contribution in [0.3, 0.4) is 0 Å². The SMILES string of the molecule is CNc1cc(C(=O)NC2CCC(C)C2)cc(C(C)(C)C)n1. The number of pyridine rings is 1. The third-order valence-electron chi connectivity index (χ3n) is 4.14. The highest BCUT2D eigenvalue weighted by Gasteiger charge is 2.24. The first kappa shape index (κ1) is 15.8. The van der Waals surface area contributed by atoms with E-state index in [4.69, 9.17) is 0 Å². The Morgan fingerprint density at radius 2 is 2.00 bits per heavy atom. The van der Waals surface area contributed by atoms with E-state index >= 15 is 0 Å². The zero-order chi connectivity index (χ0) is 15.6. The van der Waals surface area contributed by atoms with Crippen molar-refractivity contribution >= 4 is 11.7 Å². The number of amides is 1. The van der Waals surface area contributed by atoms with E-state index in [-0.39, 0.29) is 11.3 Å². The molecule has 0 spiro atoms. The topological polar surface area (TPSA) is 54.0 Å². The van der Waals surface area contributed by atoms with E-state index in [9.17, 15) is 4.79 Å². The molecule has 2 rings (SSSR count). The molecule has 1 amide bonds. The Kier molecular flexibility index (Phi) is 4.55. The molecule has 1 aromatic rings. The summed E-state index contributed by atoms with van der Waals surface area (Å²) in [4.78, 5) is 17.0. The first-order chi connectivity index (χ1) is 9.79. The maximum absolute atomic E-state index is 12.5. The van der Waals surface area contributed by atoms with Gasteiger partial charge in [0.2, 0.25) is 0 Å². The molecule has 4 nitrogen and oxygen atoms in total. The van der Waals surface area contributed by atoms with Gasteiger partial charge in [0.05, 0.1) is 0 Å². The van der Waals surface area contributed by atoms with Gasteiger partial charge in [-0.15, -0.1) is 0 Å². The van der Waals surface area contributed by atoms with E-state index < -0.39 is 0 Å². The number of rotatable bonds is 3. The molecule has 21 heavy (non-hydrogen) atoms. The summed E-state index contributed by atoms with van der Waals surface area (Å²) in [7, 11) is 1.83. The van der Waals surface area contributed by atoms with E-state index in [1.807, 2.05) is 19.2 Å². The molecule has 2 unspecified atom stereocenters. The van der Waals surface area contributed by atoms with E-state index in [1.54, 1.807) is 0 Å². The second-order valence-electron chi connectivity index (χ2n) is 7.21. The van der Waals surface area contributed by atoms with Crippen molar-refractivity contribution in [3.05, 3.63) is 23.4 Å². The number of anilines is 1. The van der Waals surface area contributed by atoms with Gasteiger partial charge in [-0.05, 0) is 37.3 Å². The molecule has 1 aliphatic carbocycles. The van der Waals surface area contributed by atoms with Crippen LogP contribution in [0, 0.1) is 5.92 Å². The lowest BCUT2D eigenvalue weighted by atomic mass is 9.90. The summed E-state index contributed by atoms with van der Waals surface area (Å²) in [5.41, 5.74) is 1.54. The first-order valence-electron chi connectivity index (χ1n) is 7.81. The fourth-order valence-electron chi connectivity index (χ4n) is 2.78. The minimum Gasteiger partial charge on any atom is -0.373 e. The lowest BCUT2D eigenvalue weighted by Crippen LogP contribution is -2.33. The van der Waals surface area contributed by atoms with Crippen LogP contribution in [-0.2, 0) is 5.41 Å². The van der Waals surface area contributed by atoms with E-state index in [0.29, 0.717) is 17.5 Å². The average Bonchev–Trinajstić information content (AvgIpc) is 2.82. The third-order valence-corrected chi connectivity index (χ3v) is 4.14. The number of nitrogens with one attached hydrogen (secondary N) is 2. The summed E-state index contributed by atoms with van der Waals surface area (Å²) in [5.74, 6) is 1.47. The molecule has 1 heterocycles. The molecule has 4 heteroatoms. The lowest BCUT2D eigenvalue weighted by molar-refractivity contribution is 0.0937. The van der Waals surface area contributed by atoms with Crippen molar-refractivity contribution in [2.75, 3.05) is 12.4 Å². The van der Waals surface area contributed by atoms with Crippen molar-refractivity contribution in [3.8, 4) is 0 Å². The predicted octanol–water partition coefficient (Wildman–Crippen LogP) is 3.34. The fourth-order valence-corrected chi connectivity index (χ4v) is 2.78. The fraction of sp³-hybridized carbons (Fsp3) is 0.647. The highest BCUT2D eigenvalue weighted by Crippen LogP contribution is 2.26. The van der Waals surface area contributed by atoms with E-state index in [1.165, 1.54) is 6.42 Å². The maximum Gasteiger partial charge on any atom is 0.251 e. The summed E-state index contributed by atoms with van der Waals surface area (Å²) in [6, 6.07) is 4.05. The molecule has 2 N–H and O–H groups in total. The number of carbonyl (C=O) groups is 1. The Labute approximate surface area is 127 Å². The van der Waals surface area contributed by atoms with E-state index in [2.05, 4.69) is 43.3 Å². The molecule has 116 valence electrons. The summed E-state index contributed by atoms with van der Waals surface area (Å²) < 4.78 is 0. The van der Waals surface area contributed by atoms with Crippen LogP contribution in [0.5, 0.6) is 0 Å². The Morgan fingerprint density at radius 3 is 2.52 bits per heavy atom. The monoisotopic (exact) mass is 289 g/mol. The molecule has 0 aromatic carbocycles. The van der Waals surface area contributed by atoms with Crippen LogP contribution in [0.2, 0.25) is 0 Å². The standard InChI is InChI=1S/C17H27N3O/c1-11-6-7-13(8-11)19-16(21)12-9-14(17(2,3)4)20-15(10-12)18-5/h9-11,13H,6-8H2,1-5H3,(H,18,20)(H,19,21). The zero-order valence-corrected chi connectivity index (χ0v) is 13.8. The van der Waals surface area contributed by atoms with Gasteiger partial charge in [0, 0.05) is 29.8 Å². The van der Waals surface area contributed by atoms with Gasteiger partial charge >= 0.3 is 0 Å². The molecule has 2 atom stereocenters. The predicted molar refractivity (Wildman–Crippen MR) is 86.8 cm³/mol. The van der Waals surface area contributed by atoms with Gasteiger partial charge < -0.3 is 10.6 Å². The van der Waals surface area contributed by atoms with Crippen LogP contribution in [0.1, 0.15) is 63.0 Å². The molecule has 1 aliphatic rings. The van der Waals surface area contributed by atoms with Gasteiger partial charge in [0.25, 0.3) is 5.91 Å². The second kappa shape index (κ2) is 6.04. The summed E-state index contributed by atoms with van der Waals surface area (Å²) in [6.07, 6.45) is 3.38. The largest absolute Gasteiger partial charge is 0.373 e. The van der Waals surface area contributed by atoms with Crippen LogP contribution in [0.25, 0.3) is 0 Å². The lowest BCUT2D eigenvalue weighted by Gasteiger charge is -2.20. The minimum atomic E-state index is -0.0796. The highest BCUT2D eigenvalue weighted by molar-refractivity contribution is 5.95. The quantitative estimate of drug-likeness (QED) is 0.897. The Bertz CT molecular complexity index is 519. The van der Waals surface area contributed by atoms with Crippen molar-refractivity contribution < 1.29 is 4.79 Å². The normalized spacial score (nSPS) is 22.1. The Morgan fingerprint density at radius 1 is 1.29 bits per heavy atom. The van der Waals surface area contributed by atoms with Gasteiger partial charge in [-0.3, -0.25) is 4.79 Å². The van der Waals surface area contributed by atoms with Crippen LogP contribution in [-0.4, -0.2) is 24.0 Å². The molecule has 0 saturated heterocycles. The zero-order valence-electron chi connectivity index (χ0n) is 13.8. The minimum absolute atomic E-state index is 0.0125. The molecule has 0 radical (unpaired) electrons. The van der Waals surface area contributed by atoms with Crippen LogP contribution < -0.4 is 10.6 Å². The number of carbonyl (C=O) groups excluding carboxylic acids is 1. The third kappa shape index (κ3) is 3.96. The van der Waals surface area contributed by atoms with Crippen molar-refractivity contribution in [2.45, 2.75) is 58.4 Å². The van der Waals surface area contributed by atoms with Crippen molar-refractivity contribution in [2.24, 2.45) is 5.92 Å². The van der Waals surface area contributed by atoms with Gasteiger partial charge in [0.1, 0.15) is 5.82 Å². The molecule has 1 saturated carbocycles. The van der Waals surface area contributed by atoms with Gasteiger partial charge in [-0.2, -0.15) is 0 Å². The molecular formula is C17H27N3O. The molecule has 0 bridgehead atoms. The number of aromatic nitrogens is 1. The van der Waals surface area contributed by atoms with Gasteiger partial charge in [0.15, 0.2) is 0 Å². The Balaban J connectivity index is 2.20. The maximum atomic E-state index is 12.5. The molecule has 0 aliphatic heterocycles. The van der Waals surface area contributed by atoms with Crippen molar-refractivity contribution in [1.82, 2.24) is 10.3 Å². The average molecular weight is 289 g/mol. The van der Waals surface area contributed by atoms with Crippen LogP contribution >= 0.6 is 0 Å². The molecule has 1 fully saturated rings. The van der Waals surface area contributed by atoms with Crippen LogP contribution in [0.4, 0.5) is 5.82 Å². The van der Waals surface area contributed by atoms with Crippen molar-refractivity contribution in [3.63, 3.8) is 0 Å². The van der Waals surface area contributed by atoms with Gasteiger partial charge in [-0.1, -0.05) is 27.7 Å². The van der Waals surface area contributed by atoms with E-state index in [0.717, 1.165) is 24.4 Å². The number of nitrogens with zero attached hydrogens (tertiary/aromatic N) is 1. The Hall–Kier alpha value is -1.58. The second-order valence-corrected chi connectivity index (χ2v) is 7.21. The van der Waals surface area contributed by atoms with Crippen molar-refractivity contribution in [1.29, 1.82) is 0 Å². The number of hydrogen-bond donors (Lipinski definition) is 2. The van der Waals surface area contributed by atoms with Gasteiger partial charge in [-0.25, -0.2) is 4.98 Å². The summed E-state index contributed by atoms with van der Waals surface area (Å²) in [6.45, 7) is 8.56. The van der Waals surface area contributed by atoms with Crippen LogP contribution in [0.15, 0.2) is 12.1 Å². The molecular weight excluding hydrogens is 262 g/mol. The first-order valence-corrected chi connectivity index (χ1v) is 7.81. The highest BCUT2D eigenvalue weighted by atomic mass is 16.1. The summed E-state index contributed by atoms with van der Waals surface area (Å²) >= 11 is 0. The summed E-state index contributed by atoms with van der Waals surface area (Å²) in [5, 5.41) is 6.21.